The Morgan fingerprint density at radius 3 is 2.75 bits per heavy atom. The minimum atomic E-state index is 0. The first-order chi connectivity index (χ1) is 11.1. The van der Waals surface area contributed by atoms with Crippen molar-refractivity contribution in [1.29, 1.82) is 0 Å². The third-order valence-corrected chi connectivity index (χ3v) is 3.40. The molecule has 24 heavy (non-hydrogen) atoms. The molecule has 2 aromatic rings. The average Bonchev–Trinajstić information content (AvgIpc) is 2.96. The normalized spacial score (nSPS) is 10.9. The number of benzene rings is 1. The third-order valence-electron chi connectivity index (χ3n) is 3.40. The minimum absolute atomic E-state index is 0. The van der Waals surface area contributed by atoms with Gasteiger partial charge in [0.15, 0.2) is 5.96 Å². The smallest absolute Gasteiger partial charge is 0.191 e. The number of halogens is 1. The molecule has 0 aliphatic carbocycles. The van der Waals surface area contributed by atoms with E-state index < -0.39 is 0 Å². The van der Waals surface area contributed by atoms with E-state index in [1.54, 1.807) is 31.5 Å². The van der Waals surface area contributed by atoms with Crippen molar-refractivity contribution in [2.24, 2.45) is 12.0 Å². The second-order valence-electron chi connectivity index (χ2n) is 4.99. The fourth-order valence-corrected chi connectivity index (χ4v) is 2.07. The predicted molar refractivity (Wildman–Crippen MR) is 105 cm³/mol. The highest BCUT2D eigenvalue weighted by atomic mass is 127. The van der Waals surface area contributed by atoms with Crippen LogP contribution in [0.4, 0.5) is 0 Å². The summed E-state index contributed by atoms with van der Waals surface area (Å²) < 4.78 is 6.98. The highest BCUT2D eigenvalue weighted by Crippen LogP contribution is 2.23. The number of methoxy groups -OCH3 is 1. The van der Waals surface area contributed by atoms with Gasteiger partial charge in [-0.25, -0.2) is 4.99 Å². The summed E-state index contributed by atoms with van der Waals surface area (Å²) in [6, 6.07) is 7.06. The van der Waals surface area contributed by atoms with Gasteiger partial charge >= 0.3 is 0 Å². The molecule has 0 unspecified atom stereocenters. The first-order valence-electron chi connectivity index (χ1n) is 7.49. The van der Waals surface area contributed by atoms with E-state index in [0.29, 0.717) is 30.4 Å². The molecule has 132 valence electrons. The van der Waals surface area contributed by atoms with Crippen LogP contribution < -0.4 is 15.4 Å². The van der Waals surface area contributed by atoms with Gasteiger partial charge in [-0.15, -0.1) is 24.0 Å². The molecule has 1 heterocycles. The number of nitrogens with one attached hydrogen (secondary N) is 2. The summed E-state index contributed by atoms with van der Waals surface area (Å²) in [4.78, 5) is 4.50. The maximum absolute atomic E-state index is 9.91. The highest BCUT2D eigenvalue weighted by molar-refractivity contribution is 14.0. The second-order valence-corrected chi connectivity index (χ2v) is 4.99. The van der Waals surface area contributed by atoms with Crippen molar-refractivity contribution >= 4 is 29.9 Å². The fourth-order valence-electron chi connectivity index (χ4n) is 2.07. The van der Waals surface area contributed by atoms with Crippen LogP contribution in [0.1, 0.15) is 18.2 Å². The number of aromatic hydroxyl groups is 1. The van der Waals surface area contributed by atoms with Gasteiger partial charge in [0.1, 0.15) is 11.5 Å². The Bertz CT molecular complexity index is 672. The Labute approximate surface area is 159 Å². The van der Waals surface area contributed by atoms with E-state index in [-0.39, 0.29) is 29.7 Å². The Morgan fingerprint density at radius 1 is 1.33 bits per heavy atom. The van der Waals surface area contributed by atoms with E-state index in [4.69, 9.17) is 4.74 Å². The molecule has 0 amide bonds. The molecular weight excluding hydrogens is 421 g/mol. The number of aliphatic imine (C=N–C) groups is 1. The maximum Gasteiger partial charge on any atom is 0.191 e. The molecule has 1 aromatic carbocycles. The number of phenolic OH excluding ortho intramolecular Hbond substituents is 1. The molecular formula is C16H24IN5O2. The Balaban J connectivity index is 0.00000288. The maximum atomic E-state index is 9.91. The van der Waals surface area contributed by atoms with Crippen LogP contribution in [0.15, 0.2) is 35.5 Å². The predicted octanol–water partition coefficient (Wildman–Crippen LogP) is 2.01. The monoisotopic (exact) mass is 445 g/mol. The van der Waals surface area contributed by atoms with Crippen LogP contribution in [0.2, 0.25) is 0 Å². The zero-order chi connectivity index (χ0) is 16.7. The fraction of sp³-hybridized carbons (Fsp3) is 0.375. The van der Waals surface area contributed by atoms with Gasteiger partial charge in [-0.05, 0) is 31.2 Å². The molecule has 0 fully saturated rings. The first kappa shape index (κ1) is 20.1. The van der Waals surface area contributed by atoms with Crippen molar-refractivity contribution in [1.82, 2.24) is 20.4 Å². The number of nitrogens with zero attached hydrogens (tertiary/aromatic N) is 3. The standard InChI is InChI=1S/C16H23N5O2.HI/c1-4-17-16(19-11-13-7-8-20-21(13)2)18-10-12-9-14(23-3)5-6-15(12)22;/h5-9,22H,4,10-11H2,1-3H3,(H2,17,18,19);1H. The number of hydrogen-bond donors (Lipinski definition) is 3. The van der Waals surface area contributed by atoms with Gasteiger partial charge in [-0.3, -0.25) is 4.68 Å². The summed E-state index contributed by atoms with van der Waals surface area (Å²) in [6.07, 6.45) is 1.76. The molecule has 0 aliphatic rings. The molecule has 0 atom stereocenters. The lowest BCUT2D eigenvalue weighted by atomic mass is 10.2. The van der Waals surface area contributed by atoms with Crippen molar-refractivity contribution < 1.29 is 9.84 Å². The van der Waals surface area contributed by atoms with Crippen LogP contribution in [0.3, 0.4) is 0 Å². The summed E-state index contributed by atoms with van der Waals surface area (Å²) in [7, 11) is 3.49. The summed E-state index contributed by atoms with van der Waals surface area (Å²) in [5.74, 6) is 1.58. The van der Waals surface area contributed by atoms with Crippen LogP contribution in [0.25, 0.3) is 0 Å². The summed E-state index contributed by atoms with van der Waals surface area (Å²) in [5.41, 5.74) is 1.77. The topological polar surface area (TPSA) is 83.7 Å². The Kier molecular flexibility index (Phi) is 8.37. The van der Waals surface area contributed by atoms with Gasteiger partial charge < -0.3 is 20.5 Å². The molecule has 7 nitrogen and oxygen atoms in total. The van der Waals surface area contributed by atoms with Crippen LogP contribution >= 0.6 is 24.0 Å². The van der Waals surface area contributed by atoms with E-state index in [2.05, 4.69) is 20.7 Å². The number of rotatable bonds is 6. The largest absolute Gasteiger partial charge is 0.508 e. The number of hydrogen-bond acceptors (Lipinski definition) is 4. The van der Waals surface area contributed by atoms with Crippen molar-refractivity contribution in [3.8, 4) is 11.5 Å². The third kappa shape index (κ3) is 5.59. The van der Waals surface area contributed by atoms with E-state index in [1.807, 2.05) is 24.7 Å². The van der Waals surface area contributed by atoms with E-state index >= 15 is 0 Å². The van der Waals surface area contributed by atoms with Crippen LogP contribution in [0, 0.1) is 0 Å². The van der Waals surface area contributed by atoms with Crippen molar-refractivity contribution in [2.45, 2.75) is 20.0 Å². The van der Waals surface area contributed by atoms with E-state index in [0.717, 1.165) is 12.2 Å². The molecule has 0 saturated heterocycles. The molecule has 0 bridgehead atoms. The summed E-state index contributed by atoms with van der Waals surface area (Å²) in [6.45, 7) is 3.72. The van der Waals surface area contributed by atoms with Gasteiger partial charge in [0.25, 0.3) is 0 Å². The minimum Gasteiger partial charge on any atom is -0.508 e. The lowest BCUT2D eigenvalue weighted by Gasteiger charge is -2.12. The average molecular weight is 445 g/mol. The van der Waals surface area contributed by atoms with Gasteiger partial charge in [-0.1, -0.05) is 0 Å². The van der Waals surface area contributed by atoms with Gasteiger partial charge in [0, 0.05) is 25.4 Å². The lowest BCUT2D eigenvalue weighted by molar-refractivity contribution is 0.411. The SMILES string of the molecule is CCNC(=NCc1cc(OC)ccc1O)NCc1ccnn1C.I. The molecule has 0 radical (unpaired) electrons. The zero-order valence-corrected chi connectivity index (χ0v) is 16.4. The molecule has 0 aliphatic heterocycles. The molecule has 2 rings (SSSR count). The van der Waals surface area contributed by atoms with Crippen molar-refractivity contribution in [2.75, 3.05) is 13.7 Å². The molecule has 0 spiro atoms. The Hall–Kier alpha value is -1.97. The van der Waals surface area contributed by atoms with Crippen LogP contribution in [0.5, 0.6) is 11.5 Å². The molecule has 8 heteroatoms. The zero-order valence-electron chi connectivity index (χ0n) is 14.1. The quantitative estimate of drug-likeness (QED) is 0.360. The lowest BCUT2D eigenvalue weighted by Crippen LogP contribution is -2.37. The van der Waals surface area contributed by atoms with Gasteiger partial charge in [-0.2, -0.15) is 5.10 Å². The van der Waals surface area contributed by atoms with Gasteiger partial charge in [0.2, 0.25) is 0 Å². The van der Waals surface area contributed by atoms with E-state index in [9.17, 15) is 5.11 Å². The number of aromatic nitrogens is 2. The van der Waals surface area contributed by atoms with E-state index in [1.165, 1.54) is 0 Å². The number of guanidine groups is 1. The second kappa shape index (κ2) is 10.0. The first-order valence-corrected chi connectivity index (χ1v) is 7.49. The summed E-state index contributed by atoms with van der Waals surface area (Å²) in [5, 5.41) is 20.5. The highest BCUT2D eigenvalue weighted by Gasteiger charge is 2.05. The number of aryl methyl sites for hydroxylation is 1. The molecule has 0 saturated carbocycles. The Morgan fingerprint density at radius 2 is 2.12 bits per heavy atom. The van der Waals surface area contributed by atoms with Crippen LogP contribution in [-0.2, 0) is 20.1 Å². The van der Waals surface area contributed by atoms with Crippen molar-refractivity contribution in [3.63, 3.8) is 0 Å². The van der Waals surface area contributed by atoms with Crippen molar-refractivity contribution in [3.05, 3.63) is 41.7 Å². The summed E-state index contributed by atoms with van der Waals surface area (Å²) >= 11 is 0. The molecule has 1 aromatic heterocycles. The van der Waals surface area contributed by atoms with Gasteiger partial charge in [0.05, 0.1) is 25.9 Å². The number of phenols is 1. The number of ether oxygens (including phenoxy) is 1. The molecule has 3 N–H and O–H groups in total. The van der Waals surface area contributed by atoms with Crippen LogP contribution in [-0.4, -0.2) is 34.5 Å².